The van der Waals surface area contributed by atoms with Crippen LogP contribution in [0.1, 0.15) is 74.2 Å². The highest BCUT2D eigenvalue weighted by Gasteiger charge is 2.03. The molecule has 0 bridgehead atoms. The molecule has 0 atom stereocenters. The summed E-state index contributed by atoms with van der Waals surface area (Å²) in [6.45, 7) is 14.0. The van der Waals surface area contributed by atoms with Gasteiger partial charge >= 0.3 is 0 Å². The van der Waals surface area contributed by atoms with Crippen molar-refractivity contribution in [1.29, 1.82) is 0 Å². The Morgan fingerprint density at radius 3 is 0.927 bits per heavy atom. The molecule has 0 aliphatic heterocycles. The van der Waals surface area contributed by atoms with Gasteiger partial charge in [-0.15, -0.1) is 0 Å². The summed E-state index contributed by atoms with van der Waals surface area (Å²) in [4.78, 5) is 0. The number of hydrogen-bond acceptors (Lipinski definition) is 0. The third-order valence-corrected chi connectivity index (χ3v) is 5.41. The second-order valence-corrected chi connectivity index (χ2v) is 9.11. The molecule has 0 aliphatic carbocycles. The van der Waals surface area contributed by atoms with Gasteiger partial charge in [0.2, 0.25) is 0 Å². The van der Waals surface area contributed by atoms with Crippen LogP contribution in [0.4, 0.5) is 22.0 Å². The summed E-state index contributed by atoms with van der Waals surface area (Å²) in [6.07, 6.45) is 0. The molecule has 0 spiro atoms. The van der Waals surface area contributed by atoms with E-state index in [0.29, 0.717) is 22.3 Å². The molecular weight excluding hydrogens is 527 g/mol. The molecule has 4 aromatic carbocycles. The fourth-order valence-corrected chi connectivity index (χ4v) is 2.85. The van der Waals surface area contributed by atoms with Gasteiger partial charge < -0.3 is 0 Å². The summed E-state index contributed by atoms with van der Waals surface area (Å²) >= 11 is 0. The quantitative estimate of drug-likeness (QED) is 0.182. The maximum Gasteiger partial charge on any atom is 0.129 e. The topological polar surface area (TPSA) is 0 Å². The number of benzene rings is 4. The fraction of sp³-hybridized carbons (Fsp3) is 0.333. The Morgan fingerprint density at radius 2 is 0.610 bits per heavy atom. The third kappa shape index (κ3) is 16.4. The average Bonchev–Trinajstić information content (AvgIpc) is 2.82. The Labute approximate surface area is 247 Å². The predicted molar refractivity (Wildman–Crippen MR) is 170 cm³/mol. The third-order valence-electron chi connectivity index (χ3n) is 5.41. The van der Waals surface area contributed by atoms with Crippen molar-refractivity contribution in [3.63, 3.8) is 0 Å². The first-order valence-electron chi connectivity index (χ1n) is 11.8. The van der Waals surface area contributed by atoms with E-state index in [1.807, 2.05) is 13.0 Å². The minimum absolute atomic E-state index is 0. The highest BCUT2D eigenvalue weighted by Crippen LogP contribution is 2.13. The molecule has 0 N–H and O–H groups in total. The SMILES string of the molecule is C.C.C.C.Cc1cc(F)c(C)c(F)c1.Cc1cc(F)c(C)cc1F.Cc1ccc(C)c(F)c1.Cc1ccc(C)cc1. The van der Waals surface area contributed by atoms with Gasteiger partial charge in [-0.25, -0.2) is 22.0 Å². The van der Waals surface area contributed by atoms with Gasteiger partial charge in [-0.05, 0) is 114 Å². The number of aryl methyl sites for hydroxylation is 7. The van der Waals surface area contributed by atoms with E-state index in [4.69, 9.17) is 0 Å². The predicted octanol–water partition coefficient (Wildman–Crippen LogP) is 12.5. The lowest BCUT2D eigenvalue weighted by molar-refractivity contribution is 0.566. The van der Waals surface area contributed by atoms with Gasteiger partial charge in [-0.3, -0.25) is 0 Å². The molecule has 41 heavy (non-hydrogen) atoms. The Hall–Kier alpha value is -3.47. The minimum atomic E-state index is -0.475. The van der Waals surface area contributed by atoms with Crippen LogP contribution in [0.2, 0.25) is 0 Å². The van der Waals surface area contributed by atoms with Gasteiger partial charge in [0.05, 0.1) is 0 Å². The van der Waals surface area contributed by atoms with E-state index in [9.17, 15) is 22.0 Å². The van der Waals surface area contributed by atoms with Crippen LogP contribution < -0.4 is 0 Å². The molecule has 0 radical (unpaired) electrons. The van der Waals surface area contributed by atoms with Crippen molar-refractivity contribution < 1.29 is 22.0 Å². The second kappa shape index (κ2) is 21.3. The van der Waals surface area contributed by atoms with Gasteiger partial charge in [-0.1, -0.05) is 77.2 Å². The smallest absolute Gasteiger partial charge is 0.129 e. The zero-order chi connectivity index (χ0) is 28.3. The van der Waals surface area contributed by atoms with Crippen molar-refractivity contribution in [2.75, 3.05) is 0 Å². The minimum Gasteiger partial charge on any atom is -0.207 e. The first-order valence-corrected chi connectivity index (χ1v) is 11.8. The molecule has 0 saturated heterocycles. The molecular formula is C36H51F5. The molecule has 0 unspecified atom stereocenters. The normalized spacial score (nSPS) is 8.80. The maximum absolute atomic E-state index is 12.6. The van der Waals surface area contributed by atoms with E-state index >= 15 is 0 Å². The molecule has 4 rings (SSSR count). The summed E-state index contributed by atoms with van der Waals surface area (Å²) in [5.74, 6) is -1.76. The molecule has 230 valence electrons. The lowest BCUT2D eigenvalue weighted by atomic mass is 10.1. The van der Waals surface area contributed by atoms with E-state index in [1.54, 1.807) is 19.9 Å². The zero-order valence-corrected chi connectivity index (χ0v) is 22.7. The maximum atomic E-state index is 12.6. The van der Waals surface area contributed by atoms with Crippen LogP contribution in [-0.4, -0.2) is 0 Å². The molecule has 5 heteroatoms. The van der Waals surface area contributed by atoms with E-state index in [-0.39, 0.29) is 52.7 Å². The van der Waals surface area contributed by atoms with E-state index in [0.717, 1.165) is 5.56 Å². The summed E-state index contributed by atoms with van der Waals surface area (Å²) in [5.41, 5.74) is 5.74. The van der Waals surface area contributed by atoms with Crippen LogP contribution in [-0.2, 0) is 0 Å². The Balaban J connectivity index is -0.000000216. The summed E-state index contributed by atoms with van der Waals surface area (Å²) in [6, 6.07) is 18.7. The average molecular weight is 579 g/mol. The molecule has 0 amide bonds. The molecule has 0 aromatic heterocycles. The largest absolute Gasteiger partial charge is 0.207 e. The second-order valence-electron chi connectivity index (χ2n) is 9.11. The van der Waals surface area contributed by atoms with E-state index < -0.39 is 11.6 Å². The fourth-order valence-electron chi connectivity index (χ4n) is 2.85. The monoisotopic (exact) mass is 578 g/mol. The van der Waals surface area contributed by atoms with Crippen LogP contribution in [0.3, 0.4) is 0 Å². The van der Waals surface area contributed by atoms with Crippen LogP contribution >= 0.6 is 0 Å². The van der Waals surface area contributed by atoms with Crippen molar-refractivity contribution in [2.24, 2.45) is 0 Å². The first-order chi connectivity index (χ1) is 17.2. The summed E-state index contributed by atoms with van der Waals surface area (Å²) in [5, 5.41) is 0. The number of hydrogen-bond donors (Lipinski definition) is 0. The first kappa shape index (κ1) is 44.5. The summed E-state index contributed by atoms with van der Waals surface area (Å²) < 4.78 is 63.0. The zero-order valence-electron chi connectivity index (χ0n) is 22.7. The van der Waals surface area contributed by atoms with Crippen LogP contribution in [0.5, 0.6) is 0 Å². The van der Waals surface area contributed by atoms with E-state index in [1.165, 1.54) is 62.2 Å². The standard InChI is InChI=1S/2C8H8F2.C8H9F.C8H10.4CH4/c1-5-3-8(10)6(2)4-7(5)9;1-5-3-7(9)6(2)8(10)4-5;1-6-3-4-7(2)8(9)5-6;1-7-3-5-8(2)6-4-7;;;;/h2*3-4H,1-2H3;3-5H,1-2H3;3-6H,1-2H3;4*1H4. The Bertz CT molecular complexity index is 1200. The lowest BCUT2D eigenvalue weighted by Gasteiger charge is -1.98. The molecule has 0 aliphatic rings. The van der Waals surface area contributed by atoms with Crippen molar-refractivity contribution >= 4 is 0 Å². The van der Waals surface area contributed by atoms with Crippen molar-refractivity contribution in [1.82, 2.24) is 0 Å². The summed E-state index contributed by atoms with van der Waals surface area (Å²) in [7, 11) is 0. The van der Waals surface area contributed by atoms with Crippen molar-refractivity contribution in [2.45, 2.75) is 85.1 Å². The van der Waals surface area contributed by atoms with Crippen molar-refractivity contribution in [3.8, 4) is 0 Å². The van der Waals surface area contributed by atoms with Gasteiger partial charge in [0.1, 0.15) is 29.1 Å². The van der Waals surface area contributed by atoms with Gasteiger partial charge in [-0.2, -0.15) is 0 Å². The van der Waals surface area contributed by atoms with Gasteiger partial charge in [0, 0.05) is 5.56 Å². The van der Waals surface area contributed by atoms with E-state index in [2.05, 4.69) is 38.1 Å². The Kier molecular flexibility index (Phi) is 23.1. The lowest BCUT2D eigenvalue weighted by Crippen LogP contribution is -1.88. The highest BCUT2D eigenvalue weighted by molar-refractivity contribution is 5.25. The molecule has 0 fully saturated rings. The number of rotatable bonds is 0. The highest BCUT2D eigenvalue weighted by atomic mass is 19.1. The van der Waals surface area contributed by atoms with Gasteiger partial charge in [0.25, 0.3) is 0 Å². The van der Waals surface area contributed by atoms with Crippen LogP contribution in [0.15, 0.2) is 66.7 Å². The van der Waals surface area contributed by atoms with Crippen molar-refractivity contribution in [3.05, 3.63) is 140 Å². The molecule has 0 saturated carbocycles. The van der Waals surface area contributed by atoms with Crippen LogP contribution in [0, 0.1) is 84.5 Å². The molecule has 0 nitrogen and oxygen atoms in total. The molecule has 4 aromatic rings. The van der Waals surface area contributed by atoms with Gasteiger partial charge in [0.15, 0.2) is 0 Å². The number of halogens is 5. The molecule has 0 heterocycles. The Morgan fingerprint density at radius 1 is 0.317 bits per heavy atom. The van der Waals surface area contributed by atoms with Crippen LogP contribution in [0.25, 0.3) is 0 Å².